The highest BCUT2D eigenvalue weighted by atomic mass is 127. The Morgan fingerprint density at radius 3 is 1.46 bits per heavy atom. The minimum Gasteiger partial charge on any atom is -0.0605 e. The molecule has 118 valence electrons. The summed E-state index contributed by atoms with van der Waals surface area (Å²) in [5.41, 5.74) is 0. The topological polar surface area (TPSA) is 0 Å². The first-order valence-corrected chi connectivity index (χ1v) is 11.7. The summed E-state index contributed by atoms with van der Waals surface area (Å²) in [6.45, 7) is 0. The van der Waals surface area contributed by atoms with E-state index in [2.05, 4.69) is 118 Å². The molecular formula is C20H12I2S2. The Labute approximate surface area is 176 Å². The third-order valence-corrected chi connectivity index (χ3v) is 7.65. The van der Waals surface area contributed by atoms with Crippen molar-refractivity contribution in [2.45, 2.75) is 9.79 Å². The zero-order valence-electron chi connectivity index (χ0n) is 12.5. The summed E-state index contributed by atoms with van der Waals surface area (Å²) in [5, 5.41) is 5.26. The number of hydrogen-bond donors (Lipinski definition) is 0. The zero-order chi connectivity index (χ0) is 16.5. The van der Waals surface area contributed by atoms with Crippen molar-refractivity contribution in [1.82, 2.24) is 0 Å². The van der Waals surface area contributed by atoms with Gasteiger partial charge in [-0.1, -0.05) is 58.0 Å². The van der Waals surface area contributed by atoms with E-state index in [-0.39, 0.29) is 0 Å². The highest BCUT2D eigenvalue weighted by Crippen LogP contribution is 2.43. The van der Waals surface area contributed by atoms with E-state index in [0.717, 1.165) is 0 Å². The van der Waals surface area contributed by atoms with E-state index in [1.54, 1.807) is 0 Å². The van der Waals surface area contributed by atoms with Gasteiger partial charge in [-0.15, -0.1) is 0 Å². The Bertz CT molecular complexity index is 959. The Kier molecular flexibility index (Phi) is 5.26. The third-order valence-electron chi connectivity index (χ3n) is 3.83. The van der Waals surface area contributed by atoms with Crippen molar-refractivity contribution in [2.24, 2.45) is 0 Å². The largest absolute Gasteiger partial charge is 0.0605 e. The van der Waals surface area contributed by atoms with Gasteiger partial charge >= 0.3 is 0 Å². The standard InChI is InChI=1S/C20H12I2S2/c21-15-7-9-17-13(11-15)3-1-5-19(17)23-24-20-6-2-4-14-12-16(22)8-10-18(14)20/h1-12H. The molecule has 0 bridgehead atoms. The summed E-state index contributed by atoms with van der Waals surface area (Å²) in [6.07, 6.45) is 0. The van der Waals surface area contributed by atoms with Crippen LogP contribution in [0.2, 0.25) is 0 Å². The quantitative estimate of drug-likeness (QED) is 0.181. The van der Waals surface area contributed by atoms with Crippen molar-refractivity contribution in [3.05, 3.63) is 79.9 Å². The maximum absolute atomic E-state index is 2.37. The normalized spacial score (nSPS) is 11.2. The van der Waals surface area contributed by atoms with E-state index in [1.807, 2.05) is 21.6 Å². The summed E-state index contributed by atoms with van der Waals surface area (Å²) >= 11 is 4.74. The number of benzene rings is 4. The van der Waals surface area contributed by atoms with Crippen molar-refractivity contribution < 1.29 is 0 Å². The molecule has 0 fully saturated rings. The van der Waals surface area contributed by atoms with Gasteiger partial charge in [0.1, 0.15) is 0 Å². The van der Waals surface area contributed by atoms with Gasteiger partial charge in [0.25, 0.3) is 0 Å². The van der Waals surface area contributed by atoms with Crippen molar-refractivity contribution in [3.63, 3.8) is 0 Å². The first-order chi connectivity index (χ1) is 11.7. The molecule has 0 spiro atoms. The molecule has 0 aliphatic heterocycles. The van der Waals surface area contributed by atoms with Gasteiger partial charge in [-0.25, -0.2) is 0 Å². The first kappa shape index (κ1) is 17.0. The van der Waals surface area contributed by atoms with Crippen LogP contribution in [0.4, 0.5) is 0 Å². The molecule has 0 saturated heterocycles. The van der Waals surface area contributed by atoms with Gasteiger partial charge in [0.05, 0.1) is 0 Å². The van der Waals surface area contributed by atoms with E-state index in [1.165, 1.54) is 38.5 Å². The fourth-order valence-corrected chi connectivity index (χ4v) is 6.13. The molecule has 4 aromatic rings. The van der Waals surface area contributed by atoms with Gasteiger partial charge in [-0.05, 0) is 103 Å². The summed E-state index contributed by atoms with van der Waals surface area (Å²) in [4.78, 5) is 2.63. The molecule has 4 aromatic carbocycles. The number of hydrogen-bond acceptors (Lipinski definition) is 2. The van der Waals surface area contributed by atoms with Gasteiger partial charge in [0, 0.05) is 16.9 Å². The van der Waals surface area contributed by atoms with Crippen LogP contribution >= 0.6 is 66.8 Å². The molecule has 0 aromatic heterocycles. The van der Waals surface area contributed by atoms with Crippen molar-refractivity contribution in [1.29, 1.82) is 0 Å². The molecule has 0 radical (unpaired) electrons. The highest BCUT2D eigenvalue weighted by Gasteiger charge is 2.06. The number of halogens is 2. The molecule has 4 rings (SSSR count). The average Bonchev–Trinajstić information content (AvgIpc) is 2.59. The van der Waals surface area contributed by atoms with Crippen molar-refractivity contribution in [3.8, 4) is 0 Å². The lowest BCUT2D eigenvalue weighted by atomic mass is 10.1. The summed E-state index contributed by atoms with van der Waals surface area (Å²) in [5.74, 6) is 0. The first-order valence-electron chi connectivity index (χ1n) is 7.42. The van der Waals surface area contributed by atoms with Gasteiger partial charge in [0.15, 0.2) is 0 Å². The second kappa shape index (κ2) is 7.43. The molecule has 0 nitrogen and oxygen atoms in total. The predicted molar refractivity (Wildman–Crippen MR) is 125 cm³/mol. The van der Waals surface area contributed by atoms with E-state index >= 15 is 0 Å². The zero-order valence-corrected chi connectivity index (χ0v) is 18.4. The molecule has 0 amide bonds. The predicted octanol–water partition coefficient (Wildman–Crippen LogP) is 8.00. The van der Waals surface area contributed by atoms with E-state index in [0.29, 0.717) is 0 Å². The van der Waals surface area contributed by atoms with E-state index in [4.69, 9.17) is 0 Å². The van der Waals surface area contributed by atoms with Crippen LogP contribution in [-0.2, 0) is 0 Å². The van der Waals surface area contributed by atoms with Gasteiger partial charge in [-0.3, -0.25) is 0 Å². The highest BCUT2D eigenvalue weighted by molar-refractivity contribution is 14.1. The molecule has 0 heterocycles. The maximum Gasteiger partial charge on any atom is 0.0264 e. The minimum atomic E-state index is 1.28. The molecule has 0 aliphatic carbocycles. The average molecular weight is 570 g/mol. The monoisotopic (exact) mass is 570 g/mol. The Balaban J connectivity index is 1.68. The van der Waals surface area contributed by atoms with Crippen LogP contribution in [0, 0.1) is 7.14 Å². The molecule has 0 atom stereocenters. The maximum atomic E-state index is 2.37. The smallest absolute Gasteiger partial charge is 0.0264 e. The van der Waals surface area contributed by atoms with Crippen LogP contribution in [0.15, 0.2) is 82.6 Å². The minimum absolute atomic E-state index is 1.28. The molecule has 24 heavy (non-hydrogen) atoms. The lowest BCUT2D eigenvalue weighted by molar-refractivity contribution is 1.54. The fourth-order valence-electron chi connectivity index (χ4n) is 2.68. The second-order valence-corrected chi connectivity index (χ2v) is 10.1. The summed E-state index contributed by atoms with van der Waals surface area (Å²) < 4.78 is 2.55. The van der Waals surface area contributed by atoms with Crippen LogP contribution < -0.4 is 0 Å². The van der Waals surface area contributed by atoms with E-state index < -0.39 is 0 Å². The lowest BCUT2D eigenvalue weighted by Crippen LogP contribution is -1.80. The SMILES string of the molecule is Ic1ccc2c(SSc3cccc4cc(I)ccc34)cccc2c1. The lowest BCUT2D eigenvalue weighted by Gasteiger charge is -2.08. The summed E-state index contributed by atoms with van der Waals surface area (Å²) in [7, 11) is 3.68. The molecular weight excluding hydrogens is 558 g/mol. The molecule has 0 N–H and O–H groups in total. The number of fused-ring (bicyclic) bond motifs is 2. The van der Waals surface area contributed by atoms with Gasteiger partial charge in [0.2, 0.25) is 0 Å². The molecule has 0 unspecified atom stereocenters. The van der Waals surface area contributed by atoms with E-state index in [9.17, 15) is 0 Å². The molecule has 0 aliphatic rings. The Hall–Kier alpha value is -0.440. The van der Waals surface area contributed by atoms with Crippen molar-refractivity contribution >= 4 is 88.3 Å². The Morgan fingerprint density at radius 2 is 1.00 bits per heavy atom. The third kappa shape index (κ3) is 3.57. The van der Waals surface area contributed by atoms with Crippen LogP contribution in [0.1, 0.15) is 0 Å². The molecule has 4 heteroatoms. The van der Waals surface area contributed by atoms with Gasteiger partial charge < -0.3 is 0 Å². The molecule has 0 saturated carbocycles. The van der Waals surface area contributed by atoms with Crippen LogP contribution in [0.5, 0.6) is 0 Å². The van der Waals surface area contributed by atoms with Crippen molar-refractivity contribution in [2.75, 3.05) is 0 Å². The van der Waals surface area contributed by atoms with Crippen LogP contribution in [0.25, 0.3) is 21.5 Å². The van der Waals surface area contributed by atoms with Gasteiger partial charge in [-0.2, -0.15) is 0 Å². The van der Waals surface area contributed by atoms with Crippen LogP contribution in [0.3, 0.4) is 0 Å². The fraction of sp³-hybridized carbons (Fsp3) is 0. The summed E-state index contributed by atoms with van der Waals surface area (Å²) in [6, 6.07) is 26.4. The Morgan fingerprint density at radius 1 is 0.542 bits per heavy atom. The van der Waals surface area contributed by atoms with Crippen LogP contribution in [-0.4, -0.2) is 0 Å². The second-order valence-electron chi connectivity index (χ2n) is 5.41. The number of rotatable bonds is 3.